The summed E-state index contributed by atoms with van der Waals surface area (Å²) in [5, 5.41) is 6.84. The van der Waals surface area contributed by atoms with Gasteiger partial charge in [-0.25, -0.2) is 9.78 Å². The molecule has 2 heterocycles. The fourth-order valence-electron chi connectivity index (χ4n) is 2.96. The number of amides is 2. The van der Waals surface area contributed by atoms with E-state index in [1.165, 1.54) is 11.1 Å². The van der Waals surface area contributed by atoms with Crippen LogP contribution in [0.3, 0.4) is 0 Å². The highest BCUT2D eigenvalue weighted by atomic mass is 16.2. The van der Waals surface area contributed by atoms with Gasteiger partial charge in [0.05, 0.1) is 0 Å². The molecule has 22 heavy (non-hydrogen) atoms. The van der Waals surface area contributed by atoms with Crippen molar-refractivity contribution in [1.29, 1.82) is 0 Å². The van der Waals surface area contributed by atoms with E-state index in [1.807, 2.05) is 4.90 Å². The highest BCUT2D eigenvalue weighted by Crippen LogP contribution is 2.31. The Labute approximate surface area is 130 Å². The smallest absolute Gasteiger partial charge is 0.321 e. The molecule has 0 spiro atoms. The maximum Gasteiger partial charge on any atom is 0.324 e. The number of carbonyl (C=O) groups is 1. The van der Waals surface area contributed by atoms with Crippen LogP contribution in [-0.2, 0) is 7.05 Å². The van der Waals surface area contributed by atoms with Gasteiger partial charge < -0.3 is 4.90 Å². The summed E-state index contributed by atoms with van der Waals surface area (Å²) < 4.78 is 1.57. The second-order valence-corrected chi connectivity index (χ2v) is 6.02. The zero-order valence-corrected chi connectivity index (χ0v) is 13.2. The molecule has 6 heteroatoms. The first-order valence-electron chi connectivity index (χ1n) is 7.53. The molecular weight excluding hydrogens is 278 g/mol. The van der Waals surface area contributed by atoms with Crippen molar-refractivity contribution in [1.82, 2.24) is 19.7 Å². The summed E-state index contributed by atoms with van der Waals surface area (Å²) >= 11 is 0. The van der Waals surface area contributed by atoms with Gasteiger partial charge >= 0.3 is 6.03 Å². The first-order chi connectivity index (χ1) is 10.5. The molecule has 0 aliphatic carbocycles. The Morgan fingerprint density at radius 1 is 1.32 bits per heavy atom. The van der Waals surface area contributed by atoms with Gasteiger partial charge in [-0.05, 0) is 25.8 Å². The number of aryl methyl sites for hydroxylation is 2. The maximum absolute atomic E-state index is 12.4. The number of benzene rings is 1. The number of anilines is 1. The Bertz CT molecular complexity index is 663. The van der Waals surface area contributed by atoms with Gasteiger partial charge in [-0.3, -0.25) is 10.00 Å². The van der Waals surface area contributed by atoms with Gasteiger partial charge in [0.15, 0.2) is 0 Å². The highest BCUT2D eigenvalue weighted by molar-refractivity contribution is 5.87. The van der Waals surface area contributed by atoms with Crippen LogP contribution in [0, 0.1) is 6.92 Å². The molecule has 1 N–H and O–H groups in total. The fraction of sp³-hybridized carbons (Fsp3) is 0.438. The van der Waals surface area contributed by atoms with Crippen LogP contribution in [0.5, 0.6) is 0 Å². The quantitative estimate of drug-likeness (QED) is 0.927. The number of aromatic nitrogens is 3. The van der Waals surface area contributed by atoms with E-state index < -0.39 is 0 Å². The summed E-state index contributed by atoms with van der Waals surface area (Å²) in [6.07, 6.45) is 2.55. The minimum atomic E-state index is -0.131. The number of rotatable bonds is 2. The Morgan fingerprint density at radius 2 is 2.05 bits per heavy atom. The van der Waals surface area contributed by atoms with E-state index in [9.17, 15) is 4.79 Å². The van der Waals surface area contributed by atoms with Gasteiger partial charge in [0.1, 0.15) is 6.33 Å². The van der Waals surface area contributed by atoms with Gasteiger partial charge in [0, 0.05) is 25.6 Å². The van der Waals surface area contributed by atoms with Crippen LogP contribution >= 0.6 is 0 Å². The molecular formula is C16H21N5O. The predicted octanol–water partition coefficient (Wildman–Crippen LogP) is 2.53. The van der Waals surface area contributed by atoms with Crippen molar-refractivity contribution in [2.24, 2.45) is 7.05 Å². The Hall–Kier alpha value is -2.37. The van der Waals surface area contributed by atoms with Gasteiger partial charge in [0.25, 0.3) is 0 Å². The second kappa shape index (κ2) is 5.79. The number of hydrogen-bond donors (Lipinski definition) is 1. The van der Waals surface area contributed by atoms with Crippen LogP contribution in [0.2, 0.25) is 0 Å². The molecule has 1 aromatic carbocycles. The van der Waals surface area contributed by atoms with E-state index in [0.717, 1.165) is 13.0 Å². The molecule has 6 nitrogen and oxygen atoms in total. The molecule has 0 bridgehead atoms. The molecule has 3 rings (SSSR count). The van der Waals surface area contributed by atoms with Crippen molar-refractivity contribution in [2.45, 2.75) is 32.2 Å². The average Bonchev–Trinajstić information content (AvgIpc) is 3.06. The standard InChI is InChI=1S/C16H21N5O/c1-11-4-6-13(7-5-11)14-8-12(2)21(9-14)16(22)18-15-17-10-20(3)19-15/h4-7,10,12,14H,8-9H2,1-3H3,(H,18,19,22)/t12-,14-/m0/s1. The molecule has 0 radical (unpaired) electrons. The Morgan fingerprint density at radius 3 is 2.68 bits per heavy atom. The lowest BCUT2D eigenvalue weighted by Gasteiger charge is -2.20. The van der Waals surface area contributed by atoms with E-state index in [4.69, 9.17) is 0 Å². The molecule has 1 fully saturated rings. The topological polar surface area (TPSA) is 63.1 Å². The summed E-state index contributed by atoms with van der Waals surface area (Å²) in [4.78, 5) is 18.3. The van der Waals surface area contributed by atoms with Crippen molar-refractivity contribution >= 4 is 12.0 Å². The molecule has 1 saturated heterocycles. The normalized spacial score (nSPS) is 21.1. The largest absolute Gasteiger partial charge is 0.324 e. The van der Waals surface area contributed by atoms with Crippen molar-refractivity contribution in [3.8, 4) is 0 Å². The number of carbonyl (C=O) groups excluding carboxylic acids is 1. The fourth-order valence-corrected chi connectivity index (χ4v) is 2.96. The molecule has 2 amide bonds. The lowest BCUT2D eigenvalue weighted by Crippen LogP contribution is -2.37. The third-order valence-corrected chi connectivity index (χ3v) is 4.20. The van der Waals surface area contributed by atoms with Gasteiger partial charge in [0.2, 0.25) is 5.95 Å². The van der Waals surface area contributed by atoms with Crippen LogP contribution < -0.4 is 5.32 Å². The number of hydrogen-bond acceptors (Lipinski definition) is 3. The summed E-state index contributed by atoms with van der Waals surface area (Å²) in [6, 6.07) is 8.65. The summed E-state index contributed by atoms with van der Waals surface area (Å²) in [5.41, 5.74) is 2.55. The van der Waals surface area contributed by atoms with Crippen LogP contribution in [-0.4, -0.2) is 38.3 Å². The van der Waals surface area contributed by atoms with Gasteiger partial charge in [-0.2, -0.15) is 0 Å². The molecule has 2 aromatic rings. The average molecular weight is 299 g/mol. The zero-order chi connectivity index (χ0) is 15.7. The molecule has 0 unspecified atom stereocenters. The molecule has 116 valence electrons. The molecule has 1 aliphatic heterocycles. The van der Waals surface area contributed by atoms with Crippen LogP contribution in [0.25, 0.3) is 0 Å². The van der Waals surface area contributed by atoms with Gasteiger partial charge in [-0.1, -0.05) is 29.8 Å². The summed E-state index contributed by atoms with van der Waals surface area (Å²) in [5.74, 6) is 0.733. The van der Waals surface area contributed by atoms with E-state index in [0.29, 0.717) is 11.9 Å². The monoisotopic (exact) mass is 299 g/mol. The number of nitrogens with zero attached hydrogens (tertiary/aromatic N) is 4. The lowest BCUT2D eigenvalue weighted by molar-refractivity contribution is 0.209. The maximum atomic E-state index is 12.4. The van der Waals surface area contributed by atoms with E-state index in [2.05, 4.69) is 53.5 Å². The van der Waals surface area contributed by atoms with E-state index in [1.54, 1.807) is 18.1 Å². The third-order valence-electron chi connectivity index (χ3n) is 4.20. The lowest BCUT2D eigenvalue weighted by atomic mass is 9.96. The summed E-state index contributed by atoms with van der Waals surface area (Å²) in [6.45, 7) is 4.89. The summed E-state index contributed by atoms with van der Waals surface area (Å²) in [7, 11) is 1.77. The first-order valence-corrected chi connectivity index (χ1v) is 7.53. The van der Waals surface area contributed by atoms with Crippen molar-refractivity contribution in [3.63, 3.8) is 0 Å². The van der Waals surface area contributed by atoms with E-state index >= 15 is 0 Å². The van der Waals surface area contributed by atoms with Gasteiger partial charge in [-0.15, -0.1) is 5.10 Å². The minimum Gasteiger partial charge on any atom is -0.321 e. The number of urea groups is 1. The first kappa shape index (κ1) is 14.6. The SMILES string of the molecule is Cc1ccc([C@H]2C[C@H](C)N(C(=O)Nc3ncn(C)n3)C2)cc1. The zero-order valence-electron chi connectivity index (χ0n) is 13.2. The van der Waals surface area contributed by atoms with Crippen LogP contribution in [0.4, 0.5) is 10.7 Å². The predicted molar refractivity (Wildman–Crippen MR) is 84.7 cm³/mol. The van der Waals surface area contributed by atoms with Crippen LogP contribution in [0.15, 0.2) is 30.6 Å². The number of likely N-dealkylation sites (tertiary alicyclic amines) is 1. The molecule has 0 saturated carbocycles. The second-order valence-electron chi connectivity index (χ2n) is 6.02. The molecule has 1 aliphatic rings. The molecule has 1 aromatic heterocycles. The third kappa shape index (κ3) is 2.95. The minimum absolute atomic E-state index is 0.131. The van der Waals surface area contributed by atoms with Crippen molar-refractivity contribution < 1.29 is 4.79 Å². The highest BCUT2D eigenvalue weighted by Gasteiger charge is 2.33. The van der Waals surface area contributed by atoms with Crippen molar-refractivity contribution in [3.05, 3.63) is 41.7 Å². The van der Waals surface area contributed by atoms with Crippen molar-refractivity contribution in [2.75, 3.05) is 11.9 Å². The Balaban J connectivity index is 1.67. The van der Waals surface area contributed by atoms with E-state index in [-0.39, 0.29) is 12.1 Å². The van der Waals surface area contributed by atoms with Crippen LogP contribution in [0.1, 0.15) is 30.4 Å². The Kier molecular flexibility index (Phi) is 3.83. The molecule has 2 atom stereocenters. The number of nitrogens with one attached hydrogen (secondary N) is 1.